The fraction of sp³-hybridized carbons (Fsp3) is 0.706. The van der Waals surface area contributed by atoms with Gasteiger partial charge in [0.2, 0.25) is 0 Å². The van der Waals surface area contributed by atoms with Crippen molar-refractivity contribution < 1.29 is 4.39 Å². The highest BCUT2D eigenvalue weighted by molar-refractivity contribution is 5.14. The topological polar surface area (TPSA) is 24.9 Å². The maximum Gasteiger partial charge on any atom is 0.141 e. The highest BCUT2D eigenvalue weighted by Crippen LogP contribution is 2.20. The van der Waals surface area contributed by atoms with Gasteiger partial charge in [0.05, 0.1) is 6.20 Å². The van der Waals surface area contributed by atoms with Crippen molar-refractivity contribution in [3.05, 3.63) is 29.8 Å². The molecule has 0 spiro atoms. The van der Waals surface area contributed by atoms with E-state index >= 15 is 0 Å². The molecule has 2 nitrogen and oxygen atoms in total. The molecule has 1 heterocycles. The second-order valence-electron chi connectivity index (χ2n) is 5.46. The van der Waals surface area contributed by atoms with E-state index in [-0.39, 0.29) is 11.9 Å². The van der Waals surface area contributed by atoms with E-state index in [1.165, 1.54) is 51.1 Å². The predicted octanol–water partition coefficient (Wildman–Crippen LogP) is 5.01. The van der Waals surface area contributed by atoms with E-state index < -0.39 is 0 Å². The second kappa shape index (κ2) is 10.8. The van der Waals surface area contributed by atoms with Crippen molar-refractivity contribution in [3.63, 3.8) is 0 Å². The summed E-state index contributed by atoms with van der Waals surface area (Å²) in [4.78, 5) is 3.95. The first-order valence-corrected chi connectivity index (χ1v) is 8.11. The summed E-state index contributed by atoms with van der Waals surface area (Å²) in [6.45, 7) is 5.23. The number of rotatable bonds is 11. The van der Waals surface area contributed by atoms with Gasteiger partial charge in [0.15, 0.2) is 0 Å². The van der Waals surface area contributed by atoms with E-state index in [1.807, 2.05) is 0 Å². The van der Waals surface area contributed by atoms with Gasteiger partial charge in [-0.2, -0.15) is 0 Å². The average Bonchev–Trinajstić information content (AvgIpc) is 2.45. The summed E-state index contributed by atoms with van der Waals surface area (Å²) < 4.78 is 13.2. The maximum absolute atomic E-state index is 13.2. The van der Waals surface area contributed by atoms with Crippen LogP contribution in [0, 0.1) is 5.82 Å². The number of hydrogen-bond acceptors (Lipinski definition) is 2. The van der Waals surface area contributed by atoms with E-state index in [0.717, 1.165) is 18.5 Å². The van der Waals surface area contributed by atoms with Crippen LogP contribution in [0.2, 0.25) is 0 Å². The third kappa shape index (κ3) is 6.99. The summed E-state index contributed by atoms with van der Waals surface area (Å²) in [7, 11) is 0. The van der Waals surface area contributed by atoms with Crippen molar-refractivity contribution in [3.8, 4) is 0 Å². The molecule has 0 aliphatic heterocycles. The van der Waals surface area contributed by atoms with Crippen LogP contribution in [0.3, 0.4) is 0 Å². The summed E-state index contributed by atoms with van der Waals surface area (Å²) >= 11 is 0. The lowest BCUT2D eigenvalue weighted by molar-refractivity contribution is 0.472. The third-order valence-corrected chi connectivity index (χ3v) is 3.68. The predicted molar refractivity (Wildman–Crippen MR) is 83.2 cm³/mol. The minimum atomic E-state index is -0.245. The Kier molecular flexibility index (Phi) is 9.22. The molecule has 1 aromatic heterocycles. The van der Waals surface area contributed by atoms with Gasteiger partial charge in [-0.1, -0.05) is 58.8 Å². The molecule has 0 aromatic carbocycles. The molecule has 20 heavy (non-hydrogen) atoms. The Balaban J connectivity index is 2.29. The maximum atomic E-state index is 13.2. The first-order valence-electron chi connectivity index (χ1n) is 8.11. The zero-order valence-corrected chi connectivity index (χ0v) is 13.0. The highest BCUT2D eigenvalue weighted by atomic mass is 19.1. The van der Waals surface area contributed by atoms with Gasteiger partial charge in [-0.3, -0.25) is 4.98 Å². The van der Waals surface area contributed by atoms with Crippen LogP contribution >= 0.6 is 0 Å². The molecule has 1 atom stereocenters. The van der Waals surface area contributed by atoms with Crippen LogP contribution in [0.15, 0.2) is 18.5 Å². The molecule has 0 aliphatic rings. The molecular formula is C17H29FN2. The van der Waals surface area contributed by atoms with E-state index in [1.54, 1.807) is 12.3 Å². The Hall–Kier alpha value is -0.960. The first kappa shape index (κ1) is 17.1. The summed E-state index contributed by atoms with van der Waals surface area (Å²) in [6.07, 6.45) is 13.3. The zero-order chi connectivity index (χ0) is 14.6. The van der Waals surface area contributed by atoms with E-state index in [2.05, 4.69) is 24.1 Å². The van der Waals surface area contributed by atoms with Crippen LogP contribution in [-0.2, 0) is 0 Å². The monoisotopic (exact) mass is 280 g/mol. The molecule has 0 radical (unpaired) electrons. The van der Waals surface area contributed by atoms with E-state index in [4.69, 9.17) is 0 Å². The van der Waals surface area contributed by atoms with Crippen LogP contribution in [-0.4, -0.2) is 11.5 Å². The van der Waals surface area contributed by atoms with Crippen LogP contribution in [0.5, 0.6) is 0 Å². The molecular weight excluding hydrogens is 251 g/mol. The number of pyridine rings is 1. The van der Waals surface area contributed by atoms with Gasteiger partial charge < -0.3 is 5.32 Å². The Morgan fingerprint density at radius 1 is 1.05 bits per heavy atom. The Morgan fingerprint density at radius 2 is 1.75 bits per heavy atom. The fourth-order valence-electron chi connectivity index (χ4n) is 2.56. The average molecular weight is 280 g/mol. The van der Waals surface area contributed by atoms with Crippen molar-refractivity contribution >= 4 is 0 Å². The lowest BCUT2D eigenvalue weighted by Gasteiger charge is -2.18. The Bertz CT molecular complexity index is 355. The van der Waals surface area contributed by atoms with Gasteiger partial charge in [0, 0.05) is 12.2 Å². The molecule has 0 amide bonds. The van der Waals surface area contributed by atoms with Gasteiger partial charge in [-0.25, -0.2) is 4.39 Å². The molecule has 0 bridgehead atoms. The van der Waals surface area contributed by atoms with Crippen molar-refractivity contribution in [1.82, 2.24) is 10.3 Å². The number of aromatic nitrogens is 1. The number of hydrogen-bond donors (Lipinski definition) is 1. The largest absolute Gasteiger partial charge is 0.310 e. The van der Waals surface area contributed by atoms with Crippen molar-refractivity contribution in [2.75, 3.05) is 6.54 Å². The molecule has 0 aliphatic carbocycles. The van der Waals surface area contributed by atoms with Crippen molar-refractivity contribution in [1.29, 1.82) is 0 Å². The standard InChI is InChI=1S/C17H29FN2/c1-3-5-6-7-8-9-10-11-17(20-4-2)15-12-16(18)14-19-13-15/h12-14,17,20H,3-11H2,1-2H3. The van der Waals surface area contributed by atoms with Gasteiger partial charge in [0.1, 0.15) is 5.82 Å². The molecule has 1 rings (SSSR count). The Labute approximate surface area is 123 Å². The van der Waals surface area contributed by atoms with Crippen LogP contribution in [0.1, 0.15) is 76.8 Å². The first-order chi connectivity index (χ1) is 9.77. The van der Waals surface area contributed by atoms with Crippen molar-refractivity contribution in [2.45, 2.75) is 71.3 Å². The number of halogens is 1. The lowest BCUT2D eigenvalue weighted by Crippen LogP contribution is -2.21. The highest BCUT2D eigenvalue weighted by Gasteiger charge is 2.10. The summed E-state index contributed by atoms with van der Waals surface area (Å²) in [5.74, 6) is -0.245. The molecule has 1 N–H and O–H groups in total. The van der Waals surface area contributed by atoms with Crippen LogP contribution in [0.4, 0.5) is 4.39 Å². The minimum absolute atomic E-state index is 0.235. The van der Waals surface area contributed by atoms with Crippen LogP contribution < -0.4 is 5.32 Å². The Morgan fingerprint density at radius 3 is 2.40 bits per heavy atom. The van der Waals surface area contributed by atoms with Gasteiger partial charge in [-0.05, 0) is 24.6 Å². The lowest BCUT2D eigenvalue weighted by atomic mass is 10.0. The number of unbranched alkanes of at least 4 members (excludes halogenated alkanes) is 6. The quantitative estimate of drug-likeness (QED) is 0.576. The summed E-state index contributed by atoms with van der Waals surface area (Å²) in [5.41, 5.74) is 0.970. The smallest absolute Gasteiger partial charge is 0.141 e. The minimum Gasteiger partial charge on any atom is -0.310 e. The fourth-order valence-corrected chi connectivity index (χ4v) is 2.56. The number of nitrogens with one attached hydrogen (secondary N) is 1. The van der Waals surface area contributed by atoms with Crippen molar-refractivity contribution in [2.24, 2.45) is 0 Å². The molecule has 0 saturated carbocycles. The zero-order valence-electron chi connectivity index (χ0n) is 13.0. The summed E-state index contributed by atoms with van der Waals surface area (Å²) in [5, 5.41) is 3.43. The SMILES string of the molecule is CCCCCCCCCC(NCC)c1cncc(F)c1. The number of nitrogens with zero attached hydrogens (tertiary/aromatic N) is 1. The molecule has 0 saturated heterocycles. The molecule has 1 aromatic rings. The molecule has 3 heteroatoms. The summed E-state index contributed by atoms with van der Waals surface area (Å²) in [6, 6.07) is 1.83. The van der Waals surface area contributed by atoms with Gasteiger partial charge in [-0.15, -0.1) is 0 Å². The van der Waals surface area contributed by atoms with E-state index in [9.17, 15) is 4.39 Å². The van der Waals surface area contributed by atoms with E-state index in [0.29, 0.717) is 0 Å². The van der Waals surface area contributed by atoms with Gasteiger partial charge in [0.25, 0.3) is 0 Å². The molecule has 114 valence electrons. The van der Waals surface area contributed by atoms with Crippen LogP contribution in [0.25, 0.3) is 0 Å². The van der Waals surface area contributed by atoms with Gasteiger partial charge >= 0.3 is 0 Å². The normalized spacial score (nSPS) is 12.6. The second-order valence-corrected chi connectivity index (χ2v) is 5.46. The molecule has 0 fully saturated rings. The third-order valence-electron chi connectivity index (χ3n) is 3.68. The molecule has 1 unspecified atom stereocenters.